The van der Waals surface area contributed by atoms with Crippen LogP contribution in [0.5, 0.6) is 11.5 Å². The standard InChI is InChI=1S/C22H20ClF3N2O5S2/c1-32-17-6-3-12(7-18(17)33-2)8-20(29)27-21-28(16-10-35(30,31)11-19(16)34-21)15-9-13(22(24,25)26)4-5-14(15)23/h3-7,9,16,19H,8,10-11H2,1-2H3/t16-,19-/m0/s1. The molecule has 0 bridgehead atoms. The van der Waals surface area contributed by atoms with Crippen LogP contribution in [0.2, 0.25) is 5.02 Å². The number of sulfone groups is 1. The van der Waals surface area contributed by atoms with E-state index in [1.54, 1.807) is 18.2 Å². The van der Waals surface area contributed by atoms with E-state index in [4.69, 9.17) is 21.1 Å². The number of benzene rings is 2. The molecule has 7 nitrogen and oxygen atoms in total. The van der Waals surface area contributed by atoms with Crippen molar-refractivity contribution in [2.24, 2.45) is 4.99 Å². The molecule has 1 amide bonds. The van der Waals surface area contributed by atoms with Crippen molar-refractivity contribution in [1.29, 1.82) is 0 Å². The summed E-state index contributed by atoms with van der Waals surface area (Å²) < 4.78 is 75.0. The van der Waals surface area contributed by atoms with Crippen molar-refractivity contribution in [3.05, 3.63) is 52.5 Å². The van der Waals surface area contributed by atoms with E-state index in [0.29, 0.717) is 17.1 Å². The van der Waals surface area contributed by atoms with Gasteiger partial charge in [-0.3, -0.25) is 4.79 Å². The van der Waals surface area contributed by atoms with Crippen LogP contribution < -0.4 is 14.4 Å². The molecule has 0 aromatic heterocycles. The van der Waals surface area contributed by atoms with E-state index in [1.807, 2.05) is 0 Å². The second-order valence-corrected chi connectivity index (χ2v) is 11.8. The van der Waals surface area contributed by atoms with Crippen molar-refractivity contribution >= 4 is 50.0 Å². The second-order valence-electron chi connectivity index (χ2n) is 7.99. The van der Waals surface area contributed by atoms with Gasteiger partial charge in [0.2, 0.25) is 0 Å². The molecule has 4 rings (SSSR count). The molecule has 2 fully saturated rings. The van der Waals surface area contributed by atoms with Gasteiger partial charge >= 0.3 is 6.18 Å². The average molecular weight is 549 g/mol. The van der Waals surface area contributed by atoms with Crippen LogP contribution in [-0.4, -0.2) is 56.5 Å². The molecule has 2 aliphatic heterocycles. The van der Waals surface area contributed by atoms with Crippen molar-refractivity contribution in [2.75, 3.05) is 30.6 Å². The first kappa shape index (κ1) is 25.6. The summed E-state index contributed by atoms with van der Waals surface area (Å²) in [6.45, 7) is 0. The van der Waals surface area contributed by atoms with Gasteiger partial charge in [0.05, 0.1) is 54.5 Å². The summed E-state index contributed by atoms with van der Waals surface area (Å²) in [7, 11) is -0.463. The summed E-state index contributed by atoms with van der Waals surface area (Å²) >= 11 is 7.30. The van der Waals surface area contributed by atoms with Gasteiger partial charge in [0.25, 0.3) is 5.91 Å². The van der Waals surface area contributed by atoms with Crippen LogP contribution in [0, 0.1) is 0 Å². The third-order valence-electron chi connectivity index (χ3n) is 5.62. The van der Waals surface area contributed by atoms with Crippen molar-refractivity contribution in [3.63, 3.8) is 0 Å². The number of nitrogens with zero attached hydrogens (tertiary/aromatic N) is 2. The van der Waals surface area contributed by atoms with Gasteiger partial charge in [-0.2, -0.15) is 18.2 Å². The fraction of sp³-hybridized carbons (Fsp3) is 0.364. The van der Waals surface area contributed by atoms with Gasteiger partial charge in [0.15, 0.2) is 26.5 Å². The minimum absolute atomic E-state index is 0.0106. The number of aliphatic imine (C=N–C) groups is 1. The van der Waals surface area contributed by atoms with E-state index < -0.39 is 38.8 Å². The molecule has 2 aromatic rings. The second kappa shape index (κ2) is 9.55. The quantitative estimate of drug-likeness (QED) is 0.553. The lowest BCUT2D eigenvalue weighted by atomic mass is 10.1. The Hall–Kier alpha value is -2.44. The number of carbonyl (C=O) groups is 1. The Morgan fingerprint density at radius 3 is 2.51 bits per heavy atom. The molecule has 0 unspecified atom stereocenters. The summed E-state index contributed by atoms with van der Waals surface area (Å²) in [6.07, 6.45) is -4.74. The number of hydrogen-bond donors (Lipinski definition) is 0. The monoisotopic (exact) mass is 548 g/mol. The number of anilines is 1. The van der Waals surface area contributed by atoms with Crippen LogP contribution in [0.3, 0.4) is 0 Å². The number of fused-ring (bicyclic) bond motifs is 1. The molecule has 13 heteroatoms. The number of methoxy groups -OCH3 is 2. The van der Waals surface area contributed by atoms with E-state index in [0.717, 1.165) is 30.0 Å². The zero-order chi connectivity index (χ0) is 25.5. The van der Waals surface area contributed by atoms with Crippen LogP contribution in [0.25, 0.3) is 0 Å². The Balaban J connectivity index is 1.69. The van der Waals surface area contributed by atoms with Gasteiger partial charge in [0, 0.05) is 5.25 Å². The Labute approximate surface area is 209 Å². The van der Waals surface area contributed by atoms with E-state index in [2.05, 4.69) is 4.99 Å². The molecule has 2 saturated heterocycles. The topological polar surface area (TPSA) is 85.3 Å². The van der Waals surface area contributed by atoms with E-state index in [9.17, 15) is 26.4 Å². The summed E-state index contributed by atoms with van der Waals surface area (Å²) in [5.74, 6) is -0.0902. The fourth-order valence-corrected chi connectivity index (χ4v) is 8.16. The largest absolute Gasteiger partial charge is 0.493 e. The summed E-state index contributed by atoms with van der Waals surface area (Å²) in [5, 5.41) is -0.386. The molecule has 0 radical (unpaired) electrons. The number of rotatable bonds is 5. The van der Waals surface area contributed by atoms with Gasteiger partial charge in [-0.25, -0.2) is 8.42 Å². The van der Waals surface area contributed by atoms with E-state index >= 15 is 0 Å². The average Bonchev–Trinajstić information content (AvgIpc) is 3.23. The van der Waals surface area contributed by atoms with Gasteiger partial charge < -0.3 is 14.4 Å². The predicted molar refractivity (Wildman–Crippen MR) is 128 cm³/mol. The van der Waals surface area contributed by atoms with E-state index in [1.165, 1.54) is 19.1 Å². The van der Waals surface area contributed by atoms with Gasteiger partial charge in [-0.05, 0) is 35.9 Å². The maximum Gasteiger partial charge on any atom is 0.416 e. The Morgan fingerprint density at radius 1 is 1.14 bits per heavy atom. The molecule has 2 heterocycles. The van der Waals surface area contributed by atoms with Crippen molar-refractivity contribution in [2.45, 2.75) is 23.9 Å². The number of ether oxygens (including phenoxy) is 2. The lowest BCUT2D eigenvalue weighted by molar-refractivity contribution is -0.137. The van der Waals surface area contributed by atoms with Crippen LogP contribution in [0.15, 0.2) is 41.4 Å². The number of thioether (sulfide) groups is 1. The third-order valence-corrected chi connectivity index (χ3v) is 9.15. The molecule has 0 aliphatic carbocycles. The Bertz CT molecular complexity index is 1300. The lowest BCUT2D eigenvalue weighted by Gasteiger charge is -2.26. The molecule has 35 heavy (non-hydrogen) atoms. The Morgan fingerprint density at radius 2 is 1.86 bits per heavy atom. The smallest absolute Gasteiger partial charge is 0.416 e. The summed E-state index contributed by atoms with van der Waals surface area (Å²) in [6, 6.07) is 7.04. The zero-order valence-electron chi connectivity index (χ0n) is 18.5. The number of amidine groups is 1. The first-order chi connectivity index (χ1) is 16.4. The first-order valence-corrected chi connectivity index (χ1v) is 13.3. The van der Waals surface area contributed by atoms with Gasteiger partial charge in [-0.15, -0.1) is 0 Å². The Kier molecular flexibility index (Phi) is 7.00. The van der Waals surface area contributed by atoms with Crippen molar-refractivity contribution in [3.8, 4) is 11.5 Å². The maximum absolute atomic E-state index is 13.4. The highest BCUT2D eigenvalue weighted by atomic mass is 35.5. The molecule has 0 saturated carbocycles. The summed E-state index contributed by atoms with van der Waals surface area (Å²) in [5.41, 5.74) is -0.398. The number of alkyl halides is 3. The minimum atomic E-state index is -4.63. The predicted octanol–water partition coefficient (Wildman–Crippen LogP) is 4.22. The van der Waals surface area contributed by atoms with Crippen LogP contribution in [0.4, 0.5) is 18.9 Å². The lowest BCUT2D eigenvalue weighted by Crippen LogP contribution is -2.38. The van der Waals surface area contributed by atoms with Crippen LogP contribution in [0.1, 0.15) is 11.1 Å². The molecule has 2 atom stereocenters. The number of hydrogen-bond acceptors (Lipinski definition) is 6. The first-order valence-electron chi connectivity index (χ1n) is 10.3. The highest BCUT2D eigenvalue weighted by Gasteiger charge is 2.50. The molecule has 0 N–H and O–H groups in total. The molecule has 188 valence electrons. The molecular formula is C22H20ClF3N2O5S2. The van der Waals surface area contributed by atoms with Crippen LogP contribution >= 0.6 is 23.4 Å². The molecular weight excluding hydrogens is 529 g/mol. The van der Waals surface area contributed by atoms with Gasteiger partial charge in [-0.1, -0.05) is 29.4 Å². The van der Waals surface area contributed by atoms with Gasteiger partial charge in [0.1, 0.15) is 0 Å². The number of amides is 1. The normalized spacial score (nSPS) is 22.3. The van der Waals surface area contributed by atoms with Crippen molar-refractivity contribution < 1.29 is 35.9 Å². The molecule has 2 aromatic carbocycles. The van der Waals surface area contributed by atoms with E-state index in [-0.39, 0.29) is 33.8 Å². The minimum Gasteiger partial charge on any atom is -0.493 e. The zero-order valence-corrected chi connectivity index (χ0v) is 20.9. The summed E-state index contributed by atoms with van der Waals surface area (Å²) in [4.78, 5) is 18.3. The fourth-order valence-electron chi connectivity index (χ4n) is 4.03. The molecule has 2 aliphatic rings. The van der Waals surface area contributed by atoms with Crippen molar-refractivity contribution in [1.82, 2.24) is 0 Å². The SMILES string of the molecule is COc1ccc(CC(=O)N=C2S[C@H]3CS(=O)(=O)C[C@@H]3N2c2cc(C(F)(F)F)ccc2Cl)cc1OC. The number of carbonyl (C=O) groups excluding carboxylic acids is 1. The molecule has 0 spiro atoms. The number of halogens is 4. The highest BCUT2D eigenvalue weighted by Crippen LogP contribution is 2.44. The maximum atomic E-state index is 13.4. The highest BCUT2D eigenvalue weighted by molar-refractivity contribution is 8.16. The third kappa shape index (κ3) is 5.39. The van der Waals surface area contributed by atoms with Crippen LogP contribution in [-0.2, 0) is 27.2 Å².